The van der Waals surface area contributed by atoms with E-state index >= 15 is 0 Å². The number of aromatic nitrogens is 2. The van der Waals surface area contributed by atoms with Gasteiger partial charge < -0.3 is 25.6 Å². The average molecular weight is 728 g/mol. The van der Waals surface area contributed by atoms with Gasteiger partial charge in [-0.3, -0.25) is 9.59 Å². The van der Waals surface area contributed by atoms with E-state index in [9.17, 15) is 23.5 Å². The van der Waals surface area contributed by atoms with Crippen LogP contribution in [0.5, 0.6) is 11.5 Å². The summed E-state index contributed by atoms with van der Waals surface area (Å²) < 4.78 is 39.9. The molecule has 0 aliphatic carbocycles. The van der Waals surface area contributed by atoms with Crippen LogP contribution in [0, 0.1) is 18.6 Å². The topological polar surface area (TPSA) is 137 Å². The summed E-state index contributed by atoms with van der Waals surface area (Å²) in [5.74, 6) is -2.27. The van der Waals surface area contributed by atoms with Crippen LogP contribution in [0.15, 0.2) is 60.7 Å². The van der Waals surface area contributed by atoms with Gasteiger partial charge in [-0.1, -0.05) is 46.9 Å². The van der Waals surface area contributed by atoms with Gasteiger partial charge in [0.15, 0.2) is 0 Å². The van der Waals surface area contributed by atoms with E-state index in [2.05, 4.69) is 10.3 Å². The van der Waals surface area contributed by atoms with Gasteiger partial charge in [0.05, 0.1) is 40.1 Å². The molecule has 2 amide bonds. The molecule has 0 radical (unpaired) electrons. The molecule has 5 aromatic rings. The molecule has 0 spiro atoms. The molecule has 1 aliphatic heterocycles. The van der Waals surface area contributed by atoms with Crippen LogP contribution in [0.2, 0.25) is 15.1 Å². The quantitative estimate of drug-likeness (QED) is 0.152. The van der Waals surface area contributed by atoms with Crippen molar-refractivity contribution in [2.75, 3.05) is 20.3 Å². The van der Waals surface area contributed by atoms with Crippen LogP contribution in [0.25, 0.3) is 22.2 Å². The number of ether oxygens (including phenoxy) is 2. The first-order valence-electron chi connectivity index (χ1n) is 14.7. The Morgan fingerprint density at radius 2 is 1.78 bits per heavy atom. The van der Waals surface area contributed by atoms with Gasteiger partial charge in [-0.05, 0) is 67.9 Å². The molecule has 0 bridgehead atoms. The smallest absolute Gasteiger partial charge is 0.251 e. The number of hydrogen-bond acceptors (Lipinski definition) is 7. The molecule has 0 saturated heterocycles. The number of nitrogens with two attached hydrogens (primary N) is 1. The Kier molecular flexibility index (Phi) is 8.91. The van der Waals surface area contributed by atoms with Crippen molar-refractivity contribution in [3.05, 3.63) is 115 Å². The number of primary amides is 1. The van der Waals surface area contributed by atoms with E-state index in [0.29, 0.717) is 27.4 Å². The van der Waals surface area contributed by atoms with Gasteiger partial charge >= 0.3 is 0 Å². The number of aliphatic hydroxyl groups is 1. The van der Waals surface area contributed by atoms with Gasteiger partial charge in [-0.25, -0.2) is 18.7 Å². The van der Waals surface area contributed by atoms with Gasteiger partial charge in [0.2, 0.25) is 5.91 Å². The van der Waals surface area contributed by atoms with Crippen LogP contribution in [0.1, 0.15) is 39.8 Å². The summed E-state index contributed by atoms with van der Waals surface area (Å²) >= 11 is 18.9. The lowest BCUT2D eigenvalue weighted by atomic mass is 9.80. The molecule has 3 heterocycles. The number of methoxy groups -OCH3 is 1. The maximum Gasteiger partial charge on any atom is 0.251 e. The third-order valence-corrected chi connectivity index (χ3v) is 9.89. The lowest BCUT2D eigenvalue weighted by Gasteiger charge is -2.30. The van der Waals surface area contributed by atoms with Crippen molar-refractivity contribution >= 4 is 57.5 Å². The first-order valence-corrected chi connectivity index (χ1v) is 15.9. The van der Waals surface area contributed by atoms with E-state index in [-0.39, 0.29) is 56.0 Å². The highest BCUT2D eigenvalue weighted by Crippen LogP contribution is 2.48. The monoisotopic (exact) mass is 726 g/mol. The third-order valence-electron chi connectivity index (χ3n) is 8.65. The second-order valence-electron chi connectivity index (χ2n) is 11.8. The minimum Gasteiger partial charge on any atom is -0.494 e. The highest BCUT2D eigenvalue weighted by molar-refractivity contribution is 6.43. The summed E-state index contributed by atoms with van der Waals surface area (Å²) in [6, 6.07) is 13.5. The molecule has 2 aromatic heterocycles. The number of hydrogen-bond donors (Lipinski definition) is 3. The van der Waals surface area contributed by atoms with Gasteiger partial charge in [0.25, 0.3) is 5.91 Å². The van der Waals surface area contributed by atoms with Crippen molar-refractivity contribution in [2.45, 2.75) is 24.9 Å². The largest absolute Gasteiger partial charge is 0.494 e. The molecule has 0 fully saturated rings. The molecule has 6 rings (SSSR count). The highest BCUT2D eigenvalue weighted by atomic mass is 35.5. The van der Waals surface area contributed by atoms with Crippen LogP contribution in [0.3, 0.4) is 0 Å². The van der Waals surface area contributed by atoms with Crippen molar-refractivity contribution in [1.29, 1.82) is 0 Å². The number of halogens is 5. The van der Waals surface area contributed by atoms with E-state index in [0.717, 1.165) is 18.2 Å². The number of pyridine rings is 2. The predicted molar refractivity (Wildman–Crippen MR) is 181 cm³/mol. The van der Waals surface area contributed by atoms with Crippen LogP contribution in [0.4, 0.5) is 8.78 Å². The SMILES string of the molecule is COc1cc(C(=O)NC[C@@](O)(c2ccc(F)cc2)c2cc3c(c(-c4ccc(F)c(Cl)c4Cl)n2)OC[C@]3(C)C(N)=O)cc2cc(Cl)c(C)nc12. The highest BCUT2D eigenvalue weighted by Gasteiger charge is 2.46. The fraction of sp³-hybridized carbons (Fsp3) is 0.200. The molecular weight excluding hydrogens is 701 g/mol. The minimum absolute atomic E-state index is 0.0233. The molecule has 1 aliphatic rings. The number of nitrogens with one attached hydrogen (secondary N) is 1. The van der Waals surface area contributed by atoms with Crippen molar-refractivity contribution in [2.24, 2.45) is 5.73 Å². The lowest BCUT2D eigenvalue weighted by Crippen LogP contribution is -2.43. The molecule has 0 saturated carbocycles. The van der Waals surface area contributed by atoms with Crippen LogP contribution >= 0.6 is 34.8 Å². The standard InChI is InChI=1S/C35H27Cl3F2N4O5/c1-16-23(36)11-17-10-18(12-25(48-3)29(17)43-16)32(45)42-14-35(47,19-4-6-20(39)7-5-19)26-13-22-31(49-15-34(22,2)33(41)46)30(44-26)21-8-9-24(40)28(38)27(21)37/h4-13,47H,14-15H2,1-3H3,(H2,41,46)(H,42,45)/t34-,35+/m0/s1. The summed E-state index contributed by atoms with van der Waals surface area (Å²) in [4.78, 5) is 35.6. The molecule has 252 valence electrons. The molecule has 0 unspecified atom stereocenters. The zero-order valence-electron chi connectivity index (χ0n) is 26.1. The first-order chi connectivity index (χ1) is 23.2. The molecule has 2 atom stereocenters. The molecule has 4 N–H and O–H groups in total. The summed E-state index contributed by atoms with van der Waals surface area (Å²) in [5, 5.41) is 15.6. The summed E-state index contributed by atoms with van der Waals surface area (Å²) in [6.07, 6.45) is 0. The van der Waals surface area contributed by atoms with E-state index in [1.807, 2.05) is 0 Å². The Hall–Kier alpha value is -4.55. The normalized spacial score (nSPS) is 16.5. The Morgan fingerprint density at radius 1 is 1.06 bits per heavy atom. The maximum atomic E-state index is 14.3. The molecule has 9 nitrogen and oxygen atoms in total. The minimum atomic E-state index is -2.16. The fourth-order valence-electron chi connectivity index (χ4n) is 5.67. The number of amides is 2. The summed E-state index contributed by atoms with van der Waals surface area (Å²) in [7, 11) is 1.44. The third kappa shape index (κ3) is 5.90. The Labute approximate surface area is 293 Å². The molecule has 49 heavy (non-hydrogen) atoms. The van der Waals surface area contributed by atoms with Gasteiger partial charge in [0.1, 0.15) is 52.0 Å². The number of fused-ring (bicyclic) bond motifs is 2. The average Bonchev–Trinajstić information content (AvgIpc) is 3.43. The van der Waals surface area contributed by atoms with Crippen molar-refractivity contribution in [3.8, 4) is 22.8 Å². The van der Waals surface area contributed by atoms with Crippen molar-refractivity contribution < 1.29 is 33.0 Å². The second kappa shape index (κ2) is 12.7. The Bertz CT molecular complexity index is 2190. The number of carbonyl (C=O) groups excluding carboxylic acids is 2. The van der Waals surface area contributed by atoms with Crippen molar-refractivity contribution in [3.63, 3.8) is 0 Å². The Balaban J connectivity index is 1.50. The predicted octanol–water partition coefficient (Wildman–Crippen LogP) is 6.65. The fourth-order valence-corrected chi connectivity index (χ4v) is 6.24. The summed E-state index contributed by atoms with van der Waals surface area (Å²) in [5.41, 5.74) is 3.97. The Morgan fingerprint density at radius 3 is 2.45 bits per heavy atom. The van der Waals surface area contributed by atoms with Crippen LogP contribution in [-0.4, -0.2) is 47.2 Å². The molecular formula is C35H27Cl3F2N4O5. The van der Waals surface area contributed by atoms with Crippen LogP contribution in [-0.2, 0) is 15.8 Å². The number of carbonyl (C=O) groups is 2. The van der Waals surface area contributed by atoms with Crippen molar-refractivity contribution in [1.82, 2.24) is 15.3 Å². The number of aryl methyl sites for hydroxylation is 1. The first kappa shape index (κ1) is 34.3. The van der Waals surface area contributed by atoms with E-state index in [1.54, 1.807) is 26.0 Å². The molecule has 3 aromatic carbocycles. The number of rotatable bonds is 8. The van der Waals surface area contributed by atoms with Gasteiger partial charge in [-0.15, -0.1) is 0 Å². The van der Waals surface area contributed by atoms with Gasteiger partial charge in [-0.2, -0.15) is 0 Å². The van der Waals surface area contributed by atoms with Gasteiger partial charge in [0, 0.05) is 22.1 Å². The second-order valence-corrected chi connectivity index (χ2v) is 13.0. The van der Waals surface area contributed by atoms with E-state index < -0.39 is 41.0 Å². The number of benzene rings is 3. The molecule has 14 heteroatoms. The van der Waals surface area contributed by atoms with E-state index in [1.165, 1.54) is 37.4 Å². The maximum absolute atomic E-state index is 14.3. The zero-order valence-corrected chi connectivity index (χ0v) is 28.4. The number of nitrogens with zero attached hydrogens (tertiary/aromatic N) is 2. The van der Waals surface area contributed by atoms with E-state index in [4.69, 9.17) is 55.0 Å². The lowest BCUT2D eigenvalue weighted by molar-refractivity contribution is -0.123. The summed E-state index contributed by atoms with van der Waals surface area (Å²) in [6.45, 7) is 2.63. The van der Waals surface area contributed by atoms with Crippen LogP contribution < -0.4 is 20.5 Å². The zero-order chi connectivity index (χ0) is 35.4.